The Kier molecular flexibility index (Phi) is 7.40. The molecule has 0 saturated heterocycles. The van der Waals surface area contributed by atoms with Crippen LogP contribution in [0.4, 0.5) is 5.69 Å². The molecule has 2 rings (SSSR count). The second-order valence-corrected chi connectivity index (χ2v) is 5.97. The van der Waals surface area contributed by atoms with Crippen molar-refractivity contribution in [3.63, 3.8) is 0 Å². The summed E-state index contributed by atoms with van der Waals surface area (Å²) in [6.07, 6.45) is -0.434. The van der Waals surface area contributed by atoms with E-state index in [1.807, 2.05) is 12.1 Å². The van der Waals surface area contributed by atoms with Gasteiger partial charge in [-0.1, -0.05) is 18.2 Å². The maximum atomic E-state index is 12.2. The molecule has 1 N–H and O–H groups in total. The first kappa shape index (κ1) is 20.8. The van der Waals surface area contributed by atoms with E-state index in [1.54, 1.807) is 50.6 Å². The van der Waals surface area contributed by atoms with Crippen LogP contribution < -0.4 is 14.8 Å². The molecule has 146 valence electrons. The molecule has 0 aliphatic heterocycles. The van der Waals surface area contributed by atoms with Crippen LogP contribution in [0.3, 0.4) is 0 Å². The number of ether oxygens (including phenoxy) is 3. The number of nitrogens with zero attached hydrogens (tertiary/aromatic N) is 1. The number of benzene rings is 2. The largest absolute Gasteiger partial charge is 0.493 e. The molecule has 0 spiro atoms. The molecule has 7 heteroatoms. The fraction of sp³-hybridized carbons (Fsp3) is 0.286. The van der Waals surface area contributed by atoms with Gasteiger partial charge in [0, 0.05) is 6.42 Å². The van der Waals surface area contributed by atoms with Gasteiger partial charge in [-0.05, 0) is 43.2 Å². The lowest BCUT2D eigenvalue weighted by Crippen LogP contribution is -2.30. The number of hydrogen-bond acceptors (Lipinski definition) is 6. The summed E-state index contributed by atoms with van der Waals surface area (Å²) in [6.45, 7) is 1.48. The van der Waals surface area contributed by atoms with E-state index in [2.05, 4.69) is 5.32 Å². The van der Waals surface area contributed by atoms with Crippen molar-refractivity contribution in [1.29, 1.82) is 5.26 Å². The van der Waals surface area contributed by atoms with Gasteiger partial charge in [0.25, 0.3) is 5.91 Å². The Morgan fingerprint density at radius 3 is 2.50 bits per heavy atom. The number of amides is 1. The number of rotatable bonds is 8. The first-order chi connectivity index (χ1) is 13.5. The molecule has 7 nitrogen and oxygen atoms in total. The number of carbonyl (C=O) groups excluding carboxylic acids is 2. The summed E-state index contributed by atoms with van der Waals surface area (Å²) >= 11 is 0. The number of esters is 1. The lowest BCUT2D eigenvalue weighted by Gasteiger charge is -2.14. The number of hydrogen-bond donors (Lipinski definition) is 1. The Hall–Kier alpha value is -3.53. The van der Waals surface area contributed by atoms with E-state index in [-0.39, 0.29) is 6.42 Å². The van der Waals surface area contributed by atoms with Gasteiger partial charge in [0.05, 0.1) is 25.5 Å². The zero-order chi connectivity index (χ0) is 20.5. The van der Waals surface area contributed by atoms with E-state index < -0.39 is 18.0 Å². The minimum absolute atomic E-state index is 0.113. The molecule has 28 heavy (non-hydrogen) atoms. The number of nitriles is 1. The summed E-state index contributed by atoms with van der Waals surface area (Å²) in [6, 6.07) is 14.0. The quantitative estimate of drug-likeness (QED) is 0.705. The molecule has 1 amide bonds. The van der Waals surface area contributed by atoms with Gasteiger partial charge in [-0.3, -0.25) is 9.59 Å². The van der Waals surface area contributed by atoms with Crippen LogP contribution in [0.2, 0.25) is 0 Å². The molecule has 2 aromatic rings. The highest BCUT2D eigenvalue weighted by atomic mass is 16.5. The molecule has 0 aliphatic carbocycles. The van der Waals surface area contributed by atoms with Gasteiger partial charge in [0.15, 0.2) is 17.6 Å². The second-order valence-electron chi connectivity index (χ2n) is 5.97. The second kappa shape index (κ2) is 9.97. The van der Waals surface area contributed by atoms with Gasteiger partial charge in [0.2, 0.25) is 0 Å². The molecule has 0 bridgehead atoms. The van der Waals surface area contributed by atoms with Gasteiger partial charge in [-0.2, -0.15) is 5.26 Å². The van der Waals surface area contributed by atoms with Crippen molar-refractivity contribution < 1.29 is 23.8 Å². The molecule has 1 atom stereocenters. The number of para-hydroxylation sites is 1. The predicted octanol–water partition coefficient (Wildman–Crippen LogP) is 3.08. The van der Waals surface area contributed by atoms with E-state index in [0.717, 1.165) is 5.56 Å². The van der Waals surface area contributed by atoms with Crippen LogP contribution in [0, 0.1) is 11.3 Å². The van der Waals surface area contributed by atoms with Crippen LogP contribution >= 0.6 is 0 Å². The Labute approximate surface area is 163 Å². The van der Waals surface area contributed by atoms with E-state index in [4.69, 9.17) is 19.5 Å². The van der Waals surface area contributed by atoms with Crippen LogP contribution in [-0.4, -0.2) is 32.2 Å². The number of methoxy groups -OCH3 is 2. The molecule has 0 aliphatic rings. The van der Waals surface area contributed by atoms with Crippen LogP contribution in [0.5, 0.6) is 11.5 Å². The van der Waals surface area contributed by atoms with Crippen molar-refractivity contribution in [2.45, 2.75) is 25.9 Å². The van der Waals surface area contributed by atoms with Gasteiger partial charge in [-0.15, -0.1) is 0 Å². The lowest BCUT2D eigenvalue weighted by atomic mass is 10.1. The summed E-state index contributed by atoms with van der Waals surface area (Å²) < 4.78 is 15.6. The van der Waals surface area contributed by atoms with Crippen molar-refractivity contribution in [3.05, 3.63) is 53.6 Å². The lowest BCUT2D eigenvalue weighted by molar-refractivity contribution is -0.153. The zero-order valence-corrected chi connectivity index (χ0v) is 16.0. The summed E-state index contributed by atoms with van der Waals surface area (Å²) in [5, 5.41) is 11.7. The standard InChI is InChI=1S/C21H22N2O5/c1-14(21(25)23-17-7-5-4-6-16(17)13-22)28-20(24)11-9-15-8-10-18(26-2)19(12-15)27-3/h4-8,10,12,14H,9,11H2,1-3H3,(H,23,25)/t14-/m0/s1. The molecule has 2 aromatic carbocycles. The van der Waals surface area contributed by atoms with Crippen molar-refractivity contribution in [1.82, 2.24) is 0 Å². The Bertz CT molecular complexity index is 889. The van der Waals surface area contributed by atoms with Gasteiger partial charge in [-0.25, -0.2) is 0 Å². The SMILES string of the molecule is COc1ccc(CCC(=O)O[C@@H](C)C(=O)Nc2ccccc2C#N)cc1OC. The minimum atomic E-state index is -0.982. The third kappa shape index (κ3) is 5.48. The number of aryl methyl sites for hydroxylation is 1. The average molecular weight is 382 g/mol. The fourth-order valence-corrected chi connectivity index (χ4v) is 2.52. The Morgan fingerprint density at radius 2 is 1.82 bits per heavy atom. The molecule has 0 radical (unpaired) electrons. The first-order valence-corrected chi connectivity index (χ1v) is 8.68. The molecule has 0 fully saturated rings. The molecule has 0 heterocycles. The van der Waals surface area contributed by atoms with Gasteiger partial charge >= 0.3 is 5.97 Å². The summed E-state index contributed by atoms with van der Waals surface area (Å²) in [4.78, 5) is 24.3. The highest BCUT2D eigenvalue weighted by Gasteiger charge is 2.19. The van der Waals surface area contributed by atoms with E-state index in [9.17, 15) is 9.59 Å². The normalized spacial score (nSPS) is 11.1. The van der Waals surface area contributed by atoms with Crippen LogP contribution in [0.1, 0.15) is 24.5 Å². The Balaban J connectivity index is 1.88. The van der Waals surface area contributed by atoms with E-state index in [1.165, 1.54) is 6.92 Å². The number of nitrogens with one attached hydrogen (secondary N) is 1. The van der Waals surface area contributed by atoms with Crippen molar-refractivity contribution in [2.75, 3.05) is 19.5 Å². The van der Waals surface area contributed by atoms with Crippen LogP contribution in [-0.2, 0) is 20.7 Å². The monoisotopic (exact) mass is 382 g/mol. The smallest absolute Gasteiger partial charge is 0.306 e. The maximum absolute atomic E-state index is 12.2. The maximum Gasteiger partial charge on any atom is 0.306 e. The average Bonchev–Trinajstić information content (AvgIpc) is 2.72. The minimum Gasteiger partial charge on any atom is -0.493 e. The molecular weight excluding hydrogens is 360 g/mol. The molecule has 0 unspecified atom stereocenters. The molecular formula is C21H22N2O5. The number of anilines is 1. The van der Waals surface area contributed by atoms with Gasteiger partial charge in [0.1, 0.15) is 6.07 Å². The molecule has 0 saturated carbocycles. The highest BCUT2D eigenvalue weighted by Crippen LogP contribution is 2.28. The highest BCUT2D eigenvalue weighted by molar-refractivity contribution is 5.96. The fourth-order valence-electron chi connectivity index (χ4n) is 2.52. The van der Waals surface area contributed by atoms with E-state index in [0.29, 0.717) is 29.2 Å². The van der Waals surface area contributed by atoms with Crippen LogP contribution in [0.15, 0.2) is 42.5 Å². The summed E-state index contributed by atoms with van der Waals surface area (Å²) in [5.41, 5.74) is 1.60. The van der Waals surface area contributed by atoms with Crippen molar-refractivity contribution >= 4 is 17.6 Å². The van der Waals surface area contributed by atoms with E-state index >= 15 is 0 Å². The summed E-state index contributed by atoms with van der Waals surface area (Å²) in [5.74, 6) is 0.196. The van der Waals surface area contributed by atoms with Crippen molar-refractivity contribution in [3.8, 4) is 17.6 Å². The van der Waals surface area contributed by atoms with Crippen LogP contribution in [0.25, 0.3) is 0 Å². The number of carbonyl (C=O) groups is 2. The topological polar surface area (TPSA) is 97.6 Å². The van der Waals surface area contributed by atoms with Gasteiger partial charge < -0.3 is 19.5 Å². The first-order valence-electron chi connectivity index (χ1n) is 8.68. The summed E-state index contributed by atoms with van der Waals surface area (Å²) in [7, 11) is 3.09. The Morgan fingerprint density at radius 1 is 1.11 bits per heavy atom. The zero-order valence-electron chi connectivity index (χ0n) is 16.0. The third-order valence-corrected chi connectivity index (χ3v) is 4.05. The third-order valence-electron chi connectivity index (χ3n) is 4.05. The van der Waals surface area contributed by atoms with Crippen molar-refractivity contribution in [2.24, 2.45) is 0 Å². The predicted molar refractivity (Wildman–Crippen MR) is 103 cm³/mol. The molecule has 0 aromatic heterocycles.